The van der Waals surface area contributed by atoms with Crippen LogP contribution in [0.5, 0.6) is 11.5 Å². The lowest BCUT2D eigenvalue weighted by Crippen LogP contribution is -2.29. The van der Waals surface area contributed by atoms with E-state index in [1.807, 2.05) is 56.4 Å². The lowest BCUT2D eigenvalue weighted by atomic mass is 10.0. The molecule has 0 spiro atoms. The number of nitrogens with zero attached hydrogens (tertiary/aromatic N) is 4. The average Bonchev–Trinajstić information content (AvgIpc) is 3.31. The number of aromatic nitrogens is 3. The second-order valence-electron chi connectivity index (χ2n) is 6.83. The molecule has 0 saturated carbocycles. The predicted octanol–water partition coefficient (Wildman–Crippen LogP) is 3.44. The lowest BCUT2D eigenvalue weighted by molar-refractivity contribution is -0.131. The van der Waals surface area contributed by atoms with E-state index in [-0.39, 0.29) is 11.9 Å². The van der Waals surface area contributed by atoms with E-state index in [4.69, 9.17) is 9.47 Å². The molecule has 0 fully saturated rings. The second-order valence-corrected chi connectivity index (χ2v) is 6.83. The van der Waals surface area contributed by atoms with Crippen molar-refractivity contribution >= 4 is 5.91 Å². The molecule has 7 nitrogen and oxygen atoms in total. The molecule has 0 unspecified atom stereocenters. The quantitative estimate of drug-likeness (QED) is 0.585. The number of benzene rings is 2. The highest BCUT2D eigenvalue weighted by Crippen LogP contribution is 2.25. The van der Waals surface area contributed by atoms with Crippen LogP contribution in [0.3, 0.4) is 0 Å². The van der Waals surface area contributed by atoms with Gasteiger partial charge >= 0.3 is 0 Å². The first-order valence-electron chi connectivity index (χ1n) is 9.44. The van der Waals surface area contributed by atoms with Crippen LogP contribution in [0.4, 0.5) is 0 Å². The van der Waals surface area contributed by atoms with Gasteiger partial charge in [0.1, 0.15) is 24.2 Å². The fraction of sp³-hybridized carbons (Fsp3) is 0.318. The van der Waals surface area contributed by atoms with Gasteiger partial charge < -0.3 is 14.4 Å². The summed E-state index contributed by atoms with van der Waals surface area (Å²) < 4.78 is 12.3. The van der Waals surface area contributed by atoms with E-state index in [1.165, 1.54) is 6.33 Å². The van der Waals surface area contributed by atoms with Crippen LogP contribution in [0.1, 0.15) is 30.5 Å². The predicted molar refractivity (Wildman–Crippen MR) is 110 cm³/mol. The molecule has 1 amide bonds. The Morgan fingerprint density at radius 2 is 1.76 bits per heavy atom. The summed E-state index contributed by atoms with van der Waals surface area (Å²) >= 11 is 0. The summed E-state index contributed by atoms with van der Waals surface area (Å²) in [6.07, 6.45) is 4.19. The van der Waals surface area contributed by atoms with Gasteiger partial charge in [-0.25, -0.2) is 9.67 Å². The van der Waals surface area contributed by atoms with Crippen molar-refractivity contribution in [2.45, 2.75) is 25.8 Å². The average molecular weight is 394 g/mol. The molecule has 0 aliphatic carbocycles. The number of hydrogen-bond donors (Lipinski definition) is 0. The van der Waals surface area contributed by atoms with Gasteiger partial charge in [0.25, 0.3) is 0 Å². The molecule has 1 aromatic heterocycles. The maximum absolute atomic E-state index is 12.7. The van der Waals surface area contributed by atoms with Crippen LogP contribution in [0.25, 0.3) is 5.69 Å². The highest BCUT2D eigenvalue weighted by atomic mass is 16.5. The Labute approximate surface area is 170 Å². The Kier molecular flexibility index (Phi) is 6.49. The molecule has 152 valence electrons. The minimum atomic E-state index is -0.0351. The third kappa shape index (κ3) is 4.93. The van der Waals surface area contributed by atoms with E-state index in [9.17, 15) is 4.79 Å². The van der Waals surface area contributed by atoms with Gasteiger partial charge in [-0.15, -0.1) is 0 Å². The highest BCUT2D eigenvalue weighted by molar-refractivity contribution is 5.76. The third-order valence-electron chi connectivity index (χ3n) is 5.07. The first-order chi connectivity index (χ1) is 14.0. The molecule has 0 saturated heterocycles. The third-order valence-corrected chi connectivity index (χ3v) is 5.07. The summed E-state index contributed by atoms with van der Waals surface area (Å²) in [5.74, 6) is 1.53. The Bertz CT molecular complexity index is 917. The van der Waals surface area contributed by atoms with Crippen molar-refractivity contribution in [3.8, 4) is 17.2 Å². The number of ether oxygens (including phenoxy) is 2. The number of rotatable bonds is 8. The summed E-state index contributed by atoms with van der Waals surface area (Å²) in [5, 5.41) is 4.13. The maximum Gasteiger partial charge on any atom is 0.223 e. The van der Waals surface area contributed by atoms with Crippen LogP contribution in [0, 0.1) is 0 Å². The van der Waals surface area contributed by atoms with Gasteiger partial charge in [0.2, 0.25) is 5.91 Å². The van der Waals surface area contributed by atoms with Gasteiger partial charge in [-0.05, 0) is 48.7 Å². The molecular formula is C22H26N4O3. The summed E-state index contributed by atoms with van der Waals surface area (Å²) in [7, 11) is 5.07. The number of aryl methyl sites for hydroxylation is 1. The van der Waals surface area contributed by atoms with E-state index in [0.717, 1.165) is 28.3 Å². The van der Waals surface area contributed by atoms with Crippen molar-refractivity contribution in [2.75, 3.05) is 21.3 Å². The zero-order valence-corrected chi connectivity index (χ0v) is 17.2. The minimum Gasteiger partial charge on any atom is -0.497 e. The number of carbonyl (C=O) groups is 1. The summed E-state index contributed by atoms with van der Waals surface area (Å²) in [4.78, 5) is 18.5. The molecule has 7 heteroatoms. The number of amides is 1. The van der Waals surface area contributed by atoms with Crippen molar-refractivity contribution in [1.82, 2.24) is 19.7 Å². The molecule has 0 bridgehead atoms. The van der Waals surface area contributed by atoms with Crippen molar-refractivity contribution in [2.24, 2.45) is 0 Å². The van der Waals surface area contributed by atoms with Crippen LogP contribution in [-0.4, -0.2) is 46.8 Å². The monoisotopic (exact) mass is 394 g/mol. The largest absolute Gasteiger partial charge is 0.497 e. The summed E-state index contributed by atoms with van der Waals surface area (Å²) in [5.41, 5.74) is 3.00. The summed E-state index contributed by atoms with van der Waals surface area (Å²) in [6.45, 7) is 2.02. The van der Waals surface area contributed by atoms with Crippen LogP contribution in [0.2, 0.25) is 0 Å². The topological polar surface area (TPSA) is 69.5 Å². The smallest absolute Gasteiger partial charge is 0.223 e. The van der Waals surface area contributed by atoms with Crippen LogP contribution >= 0.6 is 0 Å². The van der Waals surface area contributed by atoms with Gasteiger partial charge in [-0.3, -0.25) is 4.79 Å². The number of hydrogen-bond acceptors (Lipinski definition) is 5. The van der Waals surface area contributed by atoms with Crippen molar-refractivity contribution in [3.05, 3.63) is 66.2 Å². The molecule has 2 aromatic carbocycles. The Morgan fingerprint density at radius 3 is 2.31 bits per heavy atom. The van der Waals surface area contributed by atoms with E-state index in [2.05, 4.69) is 10.1 Å². The minimum absolute atomic E-state index is 0.0351. The zero-order chi connectivity index (χ0) is 20.8. The van der Waals surface area contributed by atoms with Gasteiger partial charge in [0, 0.05) is 19.5 Å². The Morgan fingerprint density at radius 1 is 1.10 bits per heavy atom. The molecule has 0 radical (unpaired) electrons. The summed E-state index contributed by atoms with van der Waals surface area (Å²) in [6, 6.07) is 13.6. The lowest BCUT2D eigenvalue weighted by Gasteiger charge is -2.25. The molecule has 0 N–H and O–H groups in total. The Hall–Kier alpha value is -3.35. The molecule has 3 rings (SSSR count). The molecule has 0 aliphatic rings. The van der Waals surface area contributed by atoms with Crippen molar-refractivity contribution < 1.29 is 14.3 Å². The van der Waals surface area contributed by atoms with Crippen LogP contribution in [0.15, 0.2) is 55.1 Å². The van der Waals surface area contributed by atoms with E-state index in [0.29, 0.717) is 12.8 Å². The molecular weight excluding hydrogens is 368 g/mol. The first-order valence-corrected chi connectivity index (χ1v) is 9.44. The van der Waals surface area contributed by atoms with Crippen molar-refractivity contribution in [1.29, 1.82) is 0 Å². The number of carbonyl (C=O) groups excluding carboxylic acids is 1. The van der Waals surface area contributed by atoms with Gasteiger partial charge in [0.15, 0.2) is 0 Å². The maximum atomic E-state index is 12.7. The van der Waals surface area contributed by atoms with Crippen LogP contribution in [-0.2, 0) is 11.2 Å². The normalized spacial score (nSPS) is 11.7. The fourth-order valence-corrected chi connectivity index (χ4v) is 3.13. The zero-order valence-electron chi connectivity index (χ0n) is 17.2. The van der Waals surface area contributed by atoms with Crippen LogP contribution < -0.4 is 9.47 Å². The molecule has 0 aliphatic heterocycles. The molecule has 29 heavy (non-hydrogen) atoms. The van der Waals surface area contributed by atoms with E-state index >= 15 is 0 Å². The molecule has 3 aromatic rings. The Balaban J connectivity index is 1.62. The van der Waals surface area contributed by atoms with Gasteiger partial charge in [-0.2, -0.15) is 5.10 Å². The number of methoxy groups -OCH3 is 2. The van der Waals surface area contributed by atoms with Crippen molar-refractivity contribution in [3.63, 3.8) is 0 Å². The first kappa shape index (κ1) is 20.4. The second kappa shape index (κ2) is 9.23. The highest BCUT2D eigenvalue weighted by Gasteiger charge is 2.17. The van der Waals surface area contributed by atoms with Gasteiger partial charge in [0.05, 0.1) is 25.9 Å². The SMILES string of the molecule is COc1cc(CCC(=O)N(C)[C@@H](C)c2ccc(-n3cncn3)cc2)cc(OC)c1. The van der Waals surface area contributed by atoms with E-state index < -0.39 is 0 Å². The molecule has 1 atom stereocenters. The fourth-order valence-electron chi connectivity index (χ4n) is 3.13. The van der Waals surface area contributed by atoms with E-state index in [1.54, 1.807) is 30.1 Å². The van der Waals surface area contributed by atoms with Gasteiger partial charge in [-0.1, -0.05) is 12.1 Å². The molecule has 1 heterocycles. The standard InChI is InChI=1S/C22H26N4O3/c1-16(18-6-8-19(9-7-18)26-15-23-14-24-26)25(2)22(27)10-5-17-11-20(28-3)13-21(12-17)29-4/h6-9,11-16H,5,10H2,1-4H3/t16-/m0/s1.